The second-order valence-electron chi connectivity index (χ2n) is 5.62. The summed E-state index contributed by atoms with van der Waals surface area (Å²) in [6.07, 6.45) is 3.57. The maximum atomic E-state index is 12.7. The summed E-state index contributed by atoms with van der Waals surface area (Å²) in [4.78, 5) is 26.7. The van der Waals surface area contributed by atoms with E-state index in [2.05, 4.69) is 22.6 Å². The molecular formula is C15H12INO3. The summed E-state index contributed by atoms with van der Waals surface area (Å²) in [5.41, 5.74) is 0.0305. The van der Waals surface area contributed by atoms with Crippen molar-refractivity contribution in [3.8, 4) is 0 Å². The van der Waals surface area contributed by atoms with Crippen molar-refractivity contribution in [3.05, 3.63) is 40.0 Å². The lowest BCUT2D eigenvalue weighted by molar-refractivity contribution is -0.126. The minimum Gasteiger partial charge on any atom is -0.362 e. The van der Waals surface area contributed by atoms with Gasteiger partial charge in [0, 0.05) is 3.57 Å². The van der Waals surface area contributed by atoms with Crippen LogP contribution in [0, 0.1) is 15.4 Å². The molecule has 2 saturated heterocycles. The second-order valence-corrected chi connectivity index (χ2v) is 6.87. The topological polar surface area (TPSA) is 46.6 Å². The zero-order valence-electron chi connectivity index (χ0n) is 10.7. The first-order chi connectivity index (χ1) is 9.51. The lowest BCUT2D eigenvalue weighted by Crippen LogP contribution is -2.38. The van der Waals surface area contributed by atoms with Crippen molar-refractivity contribution in [2.45, 2.75) is 18.6 Å². The number of hydrogen-bond acceptors (Lipinski definition) is 3. The van der Waals surface area contributed by atoms with Crippen molar-refractivity contribution in [2.24, 2.45) is 11.8 Å². The molecule has 20 heavy (non-hydrogen) atoms. The number of amides is 2. The first-order valence-corrected chi connectivity index (χ1v) is 7.60. The third-order valence-electron chi connectivity index (χ3n) is 4.40. The van der Waals surface area contributed by atoms with Gasteiger partial charge in [-0.05, 0) is 47.7 Å². The minimum absolute atomic E-state index is 0.139. The monoisotopic (exact) mass is 381 g/mol. The van der Waals surface area contributed by atoms with E-state index in [1.54, 1.807) is 6.07 Å². The van der Waals surface area contributed by atoms with Crippen LogP contribution < -0.4 is 4.90 Å². The average molecular weight is 381 g/mol. The summed E-state index contributed by atoms with van der Waals surface area (Å²) >= 11 is 2.18. The van der Waals surface area contributed by atoms with Gasteiger partial charge in [-0.25, -0.2) is 4.90 Å². The maximum Gasteiger partial charge on any atom is 0.241 e. The van der Waals surface area contributed by atoms with Crippen LogP contribution in [-0.2, 0) is 14.3 Å². The Labute approximate surface area is 129 Å². The van der Waals surface area contributed by atoms with Gasteiger partial charge < -0.3 is 4.74 Å². The standard InChI is InChI=1S/C15H12INO3/c1-15-6-5-10(20-15)11-12(15)14(19)17(13(11)18)9-4-2-3-8(16)7-9/h2-7,10-12H,1H3/t10-,11+,12+,15-/m0/s1. The van der Waals surface area contributed by atoms with E-state index in [1.807, 2.05) is 37.3 Å². The number of anilines is 1. The lowest BCUT2D eigenvalue weighted by Gasteiger charge is -2.24. The Morgan fingerprint density at radius 3 is 2.80 bits per heavy atom. The molecular weight excluding hydrogens is 369 g/mol. The summed E-state index contributed by atoms with van der Waals surface area (Å²) < 4.78 is 6.80. The first kappa shape index (κ1) is 12.5. The summed E-state index contributed by atoms with van der Waals surface area (Å²) in [5, 5.41) is 0. The van der Waals surface area contributed by atoms with Crippen molar-refractivity contribution < 1.29 is 14.3 Å². The molecule has 3 heterocycles. The number of carbonyl (C=O) groups excluding carboxylic acids is 2. The molecule has 4 nitrogen and oxygen atoms in total. The quantitative estimate of drug-likeness (QED) is 0.426. The Morgan fingerprint density at radius 1 is 1.30 bits per heavy atom. The average Bonchev–Trinajstić information content (AvgIpc) is 2.99. The Morgan fingerprint density at radius 2 is 2.10 bits per heavy atom. The Hall–Kier alpha value is -1.21. The van der Waals surface area contributed by atoms with Gasteiger partial charge in [0.2, 0.25) is 11.8 Å². The molecule has 2 amide bonds. The van der Waals surface area contributed by atoms with Gasteiger partial charge in [0.25, 0.3) is 0 Å². The van der Waals surface area contributed by atoms with Crippen molar-refractivity contribution in [1.29, 1.82) is 0 Å². The van der Waals surface area contributed by atoms with Crippen LogP contribution in [0.5, 0.6) is 0 Å². The number of ether oxygens (including phenoxy) is 1. The molecule has 3 aliphatic heterocycles. The summed E-state index contributed by atoms with van der Waals surface area (Å²) in [5.74, 6) is -1.03. The van der Waals surface area contributed by atoms with Crippen LogP contribution in [0.3, 0.4) is 0 Å². The van der Waals surface area contributed by atoms with Gasteiger partial charge >= 0.3 is 0 Å². The number of benzene rings is 1. The molecule has 0 aliphatic carbocycles. The van der Waals surface area contributed by atoms with Gasteiger partial charge in [0.15, 0.2) is 0 Å². The van der Waals surface area contributed by atoms with Gasteiger partial charge in [0.1, 0.15) is 0 Å². The van der Waals surface area contributed by atoms with Crippen molar-refractivity contribution in [1.82, 2.24) is 0 Å². The fourth-order valence-corrected chi connectivity index (χ4v) is 4.05. The van der Waals surface area contributed by atoms with Crippen LogP contribution in [0.25, 0.3) is 0 Å². The molecule has 0 radical (unpaired) electrons. The van der Waals surface area contributed by atoms with Crippen molar-refractivity contribution in [3.63, 3.8) is 0 Å². The van der Waals surface area contributed by atoms with Gasteiger partial charge in [-0.2, -0.15) is 0 Å². The van der Waals surface area contributed by atoms with Gasteiger partial charge in [-0.15, -0.1) is 0 Å². The molecule has 1 aromatic rings. The van der Waals surface area contributed by atoms with E-state index in [0.29, 0.717) is 5.69 Å². The van der Waals surface area contributed by atoms with E-state index in [-0.39, 0.29) is 29.8 Å². The van der Waals surface area contributed by atoms with Crippen LogP contribution in [0.15, 0.2) is 36.4 Å². The van der Waals surface area contributed by atoms with Crippen LogP contribution in [0.2, 0.25) is 0 Å². The highest BCUT2D eigenvalue weighted by atomic mass is 127. The van der Waals surface area contributed by atoms with Crippen LogP contribution in [0.1, 0.15) is 6.92 Å². The zero-order chi connectivity index (χ0) is 14.1. The number of halogens is 1. The number of hydrogen-bond donors (Lipinski definition) is 0. The molecule has 4 rings (SSSR count). The van der Waals surface area contributed by atoms with Gasteiger partial charge in [-0.3, -0.25) is 9.59 Å². The molecule has 2 bridgehead atoms. The van der Waals surface area contributed by atoms with E-state index >= 15 is 0 Å². The number of nitrogens with zero attached hydrogens (tertiary/aromatic N) is 1. The predicted octanol–water partition coefficient (Wildman–Crippen LogP) is 2.12. The highest BCUT2D eigenvalue weighted by molar-refractivity contribution is 14.1. The number of carbonyl (C=O) groups is 2. The number of fused-ring (bicyclic) bond motifs is 5. The molecule has 2 fully saturated rings. The fraction of sp³-hybridized carbons (Fsp3) is 0.333. The molecule has 5 heteroatoms. The van der Waals surface area contributed by atoms with Crippen LogP contribution >= 0.6 is 22.6 Å². The second kappa shape index (κ2) is 3.92. The highest BCUT2D eigenvalue weighted by Crippen LogP contribution is 2.52. The molecule has 0 saturated carbocycles. The molecule has 1 aromatic carbocycles. The molecule has 102 valence electrons. The third kappa shape index (κ3) is 1.45. The van der Waals surface area contributed by atoms with E-state index < -0.39 is 5.60 Å². The number of rotatable bonds is 1. The summed E-state index contributed by atoms with van der Waals surface area (Å²) in [6.45, 7) is 1.89. The summed E-state index contributed by atoms with van der Waals surface area (Å²) in [6, 6.07) is 7.45. The third-order valence-corrected chi connectivity index (χ3v) is 5.07. The fourth-order valence-electron chi connectivity index (χ4n) is 3.52. The smallest absolute Gasteiger partial charge is 0.241 e. The van der Waals surface area contributed by atoms with E-state index in [0.717, 1.165) is 3.57 Å². The number of imide groups is 1. The summed E-state index contributed by atoms with van der Waals surface area (Å²) in [7, 11) is 0. The molecule has 0 unspecified atom stereocenters. The maximum absolute atomic E-state index is 12.7. The first-order valence-electron chi connectivity index (χ1n) is 6.52. The highest BCUT2D eigenvalue weighted by Gasteiger charge is 2.65. The molecule has 0 aromatic heterocycles. The van der Waals surface area contributed by atoms with Gasteiger partial charge in [-0.1, -0.05) is 18.2 Å². The molecule has 4 atom stereocenters. The molecule has 3 aliphatic rings. The van der Waals surface area contributed by atoms with Gasteiger partial charge in [0.05, 0.1) is 29.2 Å². The minimum atomic E-state index is -0.626. The normalized spacial score (nSPS) is 37.9. The Bertz CT molecular complexity index is 671. The van der Waals surface area contributed by atoms with E-state index in [1.165, 1.54) is 4.90 Å². The van der Waals surface area contributed by atoms with Crippen molar-refractivity contribution in [2.75, 3.05) is 4.90 Å². The van der Waals surface area contributed by atoms with E-state index in [4.69, 9.17) is 4.74 Å². The van der Waals surface area contributed by atoms with Crippen molar-refractivity contribution >= 4 is 40.1 Å². The molecule has 0 spiro atoms. The Balaban J connectivity index is 1.79. The Kier molecular flexibility index (Phi) is 2.45. The predicted molar refractivity (Wildman–Crippen MR) is 81.1 cm³/mol. The van der Waals surface area contributed by atoms with Crippen LogP contribution in [-0.4, -0.2) is 23.5 Å². The van der Waals surface area contributed by atoms with E-state index in [9.17, 15) is 9.59 Å². The lowest BCUT2D eigenvalue weighted by atomic mass is 9.78. The van der Waals surface area contributed by atoms with Crippen LogP contribution in [0.4, 0.5) is 5.69 Å². The molecule has 0 N–H and O–H groups in total. The zero-order valence-corrected chi connectivity index (χ0v) is 12.9. The largest absolute Gasteiger partial charge is 0.362 e. The SMILES string of the molecule is C[C@@]12C=C[C@H](O1)[C@H]1C(=O)N(c3cccc(I)c3)C(=O)[C@@H]12.